The molecule has 0 atom stereocenters. The SMILES string of the molecule is c1ccc(-c2nc(-c3ccccc3)nc(-c3ccc(-n4c5ccc(-c6ccc7c(c6)c6ccccc6n7-c6ccccc6)cc5c5cc6ccccc6cc54)cc3)n2)cc1.c1ccc(-c2nc(-c3ccccc3)nc(-c3ccc(-n4c5ccccc5c5cc(-c6ccc7c(c6)c6c8ccccc8ccc6n7-c6ccccc6)ccc54)cc3)n2)cc1. The first-order chi connectivity index (χ1) is 59.5. The van der Waals surface area contributed by atoms with Gasteiger partial charge in [-0.05, 0) is 195 Å². The van der Waals surface area contributed by atoms with Gasteiger partial charge in [-0.25, -0.2) is 29.9 Å². The van der Waals surface area contributed by atoms with Crippen LogP contribution in [0, 0.1) is 0 Å². The van der Waals surface area contributed by atoms with Gasteiger partial charge in [-0.15, -0.1) is 0 Å². The van der Waals surface area contributed by atoms with E-state index in [0.29, 0.717) is 34.9 Å². The Morgan fingerprint density at radius 2 is 0.383 bits per heavy atom. The summed E-state index contributed by atoms with van der Waals surface area (Å²) in [5, 5.41) is 14.8. The summed E-state index contributed by atoms with van der Waals surface area (Å²) in [5.74, 6) is 3.87. The van der Waals surface area contributed by atoms with Gasteiger partial charge in [0.25, 0.3) is 0 Å². The highest BCUT2D eigenvalue weighted by Gasteiger charge is 2.23. The van der Waals surface area contributed by atoms with Crippen LogP contribution >= 0.6 is 0 Å². The van der Waals surface area contributed by atoms with Gasteiger partial charge in [0, 0.05) is 99.2 Å². The Morgan fingerprint density at radius 1 is 0.133 bits per heavy atom. The Kier molecular flexibility index (Phi) is 16.7. The molecule has 10 heteroatoms. The van der Waals surface area contributed by atoms with Crippen molar-refractivity contribution < 1.29 is 0 Å². The van der Waals surface area contributed by atoms with Crippen LogP contribution < -0.4 is 0 Å². The van der Waals surface area contributed by atoms with Crippen LogP contribution in [0.1, 0.15) is 0 Å². The van der Waals surface area contributed by atoms with E-state index in [1.807, 2.05) is 121 Å². The minimum Gasteiger partial charge on any atom is -0.309 e. The zero-order valence-electron chi connectivity index (χ0n) is 64.9. The second-order valence-electron chi connectivity index (χ2n) is 30.5. The van der Waals surface area contributed by atoms with Crippen LogP contribution in [0.15, 0.2) is 425 Å². The largest absolute Gasteiger partial charge is 0.309 e. The highest BCUT2D eigenvalue weighted by molar-refractivity contribution is 6.22. The molecule has 10 nitrogen and oxygen atoms in total. The summed E-state index contributed by atoms with van der Waals surface area (Å²) in [7, 11) is 0. The predicted molar refractivity (Wildman–Crippen MR) is 496 cm³/mol. The third-order valence-electron chi connectivity index (χ3n) is 23.5. The lowest BCUT2D eigenvalue weighted by Gasteiger charge is -2.11. The van der Waals surface area contributed by atoms with E-state index in [2.05, 4.69) is 322 Å². The molecule has 24 aromatic rings. The Bertz CT molecular complexity index is 7990. The molecular weight excluding hydrogens is 1460 g/mol. The van der Waals surface area contributed by atoms with Gasteiger partial charge in [0.15, 0.2) is 34.9 Å². The van der Waals surface area contributed by atoms with E-state index >= 15 is 0 Å². The summed E-state index contributed by atoms with van der Waals surface area (Å²) in [6.45, 7) is 0. The first-order valence-electron chi connectivity index (χ1n) is 40.6. The van der Waals surface area contributed by atoms with Crippen LogP contribution in [0.5, 0.6) is 0 Å². The maximum Gasteiger partial charge on any atom is 0.164 e. The second kappa shape index (κ2) is 28.9. The molecule has 0 aliphatic carbocycles. The van der Waals surface area contributed by atoms with Crippen molar-refractivity contribution in [1.82, 2.24) is 48.2 Å². The van der Waals surface area contributed by atoms with E-state index in [1.165, 1.54) is 109 Å². The third kappa shape index (κ3) is 12.0. The van der Waals surface area contributed by atoms with Crippen LogP contribution in [0.3, 0.4) is 0 Å². The Balaban J connectivity index is 0.000000140. The number of fused-ring (bicyclic) bond motifs is 15. The number of para-hydroxylation sites is 4. The van der Waals surface area contributed by atoms with Crippen molar-refractivity contribution in [3.63, 3.8) is 0 Å². The van der Waals surface area contributed by atoms with Gasteiger partial charge in [0.2, 0.25) is 0 Å². The standard InChI is InChI=1S/2C55H35N5/c1-4-15-37(16-5-1)53-56-54(38-17-6-2-7-18-38)58-55(57-53)39-24-29-43(30-25-39)59-48-23-13-12-22-45(48)46-34-40(27-31-49(46)59)41-28-32-50-47(35-41)52-44-21-11-10-14-36(44)26-33-51(52)60(50)42-19-8-3-9-20-42;1-4-14-36(15-5-1)53-56-54(37-16-6-2-7-17-37)58-55(57-53)38-24-28-44(29-25-38)60-51-31-27-42(34-47(51)48-32-39-18-10-11-19-40(39)35-52(48)60)41-26-30-50-46(33-41)45-22-12-13-23-49(45)59(50)43-20-8-3-9-21-43/h2*1-35H. The number of benzene rings is 18. The number of aromatic nitrogens is 10. The number of hydrogen-bond acceptors (Lipinski definition) is 6. The monoisotopic (exact) mass is 1530 g/mol. The molecule has 120 heavy (non-hydrogen) atoms. The molecule has 0 amide bonds. The Hall–Kier alpha value is -16.3. The van der Waals surface area contributed by atoms with Crippen molar-refractivity contribution in [3.8, 4) is 113 Å². The van der Waals surface area contributed by atoms with E-state index in [-0.39, 0.29) is 0 Å². The van der Waals surface area contributed by atoms with Crippen molar-refractivity contribution in [2.24, 2.45) is 0 Å². The molecule has 0 radical (unpaired) electrons. The predicted octanol–water partition coefficient (Wildman–Crippen LogP) is 27.8. The molecule has 24 rings (SSSR count). The molecule has 0 saturated heterocycles. The van der Waals surface area contributed by atoms with Crippen molar-refractivity contribution in [3.05, 3.63) is 425 Å². The molecule has 0 N–H and O–H groups in total. The van der Waals surface area contributed by atoms with Gasteiger partial charge in [0.05, 0.1) is 44.1 Å². The van der Waals surface area contributed by atoms with E-state index < -0.39 is 0 Å². The lowest BCUT2D eigenvalue weighted by molar-refractivity contribution is 1.07. The second-order valence-corrected chi connectivity index (χ2v) is 30.5. The molecule has 0 aliphatic heterocycles. The molecule has 0 saturated carbocycles. The lowest BCUT2D eigenvalue weighted by atomic mass is 9.99. The molecule has 0 aliphatic rings. The zero-order valence-corrected chi connectivity index (χ0v) is 64.9. The highest BCUT2D eigenvalue weighted by Crippen LogP contribution is 2.44. The summed E-state index contributed by atoms with van der Waals surface area (Å²) in [6, 6.07) is 151. The maximum absolute atomic E-state index is 4.99. The van der Waals surface area contributed by atoms with Crippen molar-refractivity contribution in [2.75, 3.05) is 0 Å². The van der Waals surface area contributed by atoms with Crippen LogP contribution in [0.4, 0.5) is 0 Å². The minimum absolute atomic E-state index is 0.635. The van der Waals surface area contributed by atoms with Crippen LogP contribution in [0.25, 0.3) is 222 Å². The van der Waals surface area contributed by atoms with Gasteiger partial charge >= 0.3 is 0 Å². The topological polar surface area (TPSA) is 97.1 Å². The van der Waals surface area contributed by atoms with Crippen LogP contribution in [-0.4, -0.2) is 48.2 Å². The number of hydrogen-bond donors (Lipinski definition) is 0. The van der Waals surface area contributed by atoms with Gasteiger partial charge in [-0.3, -0.25) is 0 Å². The molecule has 560 valence electrons. The van der Waals surface area contributed by atoms with Crippen molar-refractivity contribution in [1.29, 1.82) is 0 Å². The van der Waals surface area contributed by atoms with E-state index in [1.54, 1.807) is 0 Å². The summed E-state index contributed by atoms with van der Waals surface area (Å²) >= 11 is 0. The van der Waals surface area contributed by atoms with E-state index in [9.17, 15) is 0 Å². The third-order valence-corrected chi connectivity index (χ3v) is 23.5. The molecule has 0 unspecified atom stereocenters. The van der Waals surface area contributed by atoms with Crippen LogP contribution in [-0.2, 0) is 0 Å². The van der Waals surface area contributed by atoms with Gasteiger partial charge in [0.1, 0.15) is 0 Å². The molecule has 18 aromatic carbocycles. The van der Waals surface area contributed by atoms with Crippen molar-refractivity contribution in [2.45, 2.75) is 0 Å². The normalized spacial score (nSPS) is 11.7. The number of rotatable bonds is 12. The lowest BCUT2D eigenvalue weighted by Crippen LogP contribution is -2.00. The molecule has 0 bridgehead atoms. The summed E-state index contributed by atoms with van der Waals surface area (Å²) in [6.07, 6.45) is 0. The zero-order chi connectivity index (χ0) is 79.1. The molecule has 0 spiro atoms. The molecule has 0 fully saturated rings. The molecule has 6 aromatic heterocycles. The Morgan fingerprint density at radius 3 is 0.783 bits per heavy atom. The first kappa shape index (κ1) is 69.2. The summed E-state index contributed by atoms with van der Waals surface area (Å²) < 4.78 is 9.51. The molecular formula is C110H70N10. The number of nitrogens with zero attached hydrogens (tertiary/aromatic N) is 10. The molecule has 6 heterocycles. The quantitative estimate of drug-likeness (QED) is 0.121. The summed E-state index contributed by atoms with van der Waals surface area (Å²) in [4.78, 5) is 29.7. The highest BCUT2D eigenvalue weighted by atomic mass is 15.1. The summed E-state index contributed by atoms with van der Waals surface area (Å²) in [5.41, 5.74) is 24.3. The fourth-order valence-corrected chi connectivity index (χ4v) is 17.8. The Labute approximate surface area is 690 Å². The van der Waals surface area contributed by atoms with E-state index in [4.69, 9.17) is 29.9 Å². The first-order valence-corrected chi connectivity index (χ1v) is 40.6. The van der Waals surface area contributed by atoms with E-state index in [0.717, 1.165) is 78.2 Å². The van der Waals surface area contributed by atoms with Gasteiger partial charge in [-0.2, -0.15) is 0 Å². The average molecular weight is 1530 g/mol. The maximum atomic E-state index is 4.99. The smallest absolute Gasteiger partial charge is 0.164 e. The van der Waals surface area contributed by atoms with Gasteiger partial charge in [-0.1, -0.05) is 273 Å². The fourth-order valence-electron chi connectivity index (χ4n) is 17.8. The minimum atomic E-state index is 0.635. The fraction of sp³-hybridized carbons (Fsp3) is 0. The van der Waals surface area contributed by atoms with Crippen molar-refractivity contribution >= 4 is 109 Å². The van der Waals surface area contributed by atoms with Crippen LogP contribution in [0.2, 0.25) is 0 Å². The average Bonchev–Trinajstić information content (AvgIpc) is 1.56. The van der Waals surface area contributed by atoms with Gasteiger partial charge < -0.3 is 18.3 Å².